The molecule has 4 rings (SSSR count). The number of carbonyl (C=O) groups excluding carboxylic acids is 2. The average Bonchev–Trinajstić information content (AvgIpc) is 3.34. The molecule has 1 saturated heterocycles. The van der Waals surface area contributed by atoms with Crippen molar-refractivity contribution >= 4 is 27.6 Å². The summed E-state index contributed by atoms with van der Waals surface area (Å²) in [6.45, 7) is 6.16. The van der Waals surface area contributed by atoms with Crippen LogP contribution in [0.4, 0.5) is 5.69 Å². The van der Waals surface area contributed by atoms with E-state index in [1.807, 2.05) is 24.3 Å². The van der Waals surface area contributed by atoms with E-state index < -0.39 is 21.9 Å². The van der Waals surface area contributed by atoms with E-state index in [1.165, 1.54) is 4.31 Å². The van der Waals surface area contributed by atoms with Crippen LogP contribution in [0.1, 0.15) is 47.1 Å². The van der Waals surface area contributed by atoms with Crippen LogP contribution in [0, 0.1) is 19.8 Å². The number of aromatic amines is 1. The molecule has 1 aromatic carbocycles. The smallest absolute Gasteiger partial charge is 0.341 e. The molecule has 0 spiro atoms. The van der Waals surface area contributed by atoms with E-state index in [4.69, 9.17) is 4.74 Å². The SMILES string of the molecule is CCOC(=O)c1c(C)[nH]c(C)c1S(=O)(=O)N1CCC[C@@H](C(=O)N2CCc3ccccc32)C1. The lowest BCUT2D eigenvalue weighted by Gasteiger charge is -2.33. The van der Waals surface area contributed by atoms with Crippen molar-refractivity contribution in [3.63, 3.8) is 0 Å². The molecule has 0 radical (unpaired) electrons. The Bertz CT molecular complexity index is 1150. The molecule has 9 heteroatoms. The normalized spacial score (nSPS) is 19.1. The van der Waals surface area contributed by atoms with Gasteiger partial charge in [-0.15, -0.1) is 0 Å². The number of rotatable bonds is 5. The van der Waals surface area contributed by atoms with Gasteiger partial charge in [-0.2, -0.15) is 4.31 Å². The number of hydrogen-bond acceptors (Lipinski definition) is 5. The molecular formula is C23H29N3O5S. The van der Waals surface area contributed by atoms with E-state index in [0.29, 0.717) is 37.3 Å². The number of ether oxygens (including phenoxy) is 1. The van der Waals surface area contributed by atoms with Crippen LogP contribution in [0.15, 0.2) is 29.2 Å². The van der Waals surface area contributed by atoms with Crippen molar-refractivity contribution in [3.8, 4) is 0 Å². The number of anilines is 1. The van der Waals surface area contributed by atoms with Gasteiger partial charge in [0.1, 0.15) is 10.5 Å². The summed E-state index contributed by atoms with van der Waals surface area (Å²) in [6, 6.07) is 7.84. The minimum atomic E-state index is -3.99. The van der Waals surface area contributed by atoms with Crippen molar-refractivity contribution in [2.75, 3.05) is 31.1 Å². The molecule has 2 aliphatic heterocycles. The zero-order valence-electron chi connectivity index (χ0n) is 18.7. The quantitative estimate of drug-likeness (QED) is 0.693. The summed E-state index contributed by atoms with van der Waals surface area (Å²) in [7, 11) is -3.99. The first kappa shape index (κ1) is 22.5. The number of para-hydroxylation sites is 1. The Morgan fingerprint density at radius 2 is 1.91 bits per heavy atom. The Morgan fingerprint density at radius 3 is 2.66 bits per heavy atom. The molecule has 172 valence electrons. The number of sulfonamides is 1. The number of amides is 1. The number of carbonyl (C=O) groups is 2. The van der Waals surface area contributed by atoms with Gasteiger partial charge in [0.05, 0.1) is 12.5 Å². The van der Waals surface area contributed by atoms with Crippen LogP contribution in [-0.2, 0) is 26.0 Å². The maximum atomic E-state index is 13.6. The van der Waals surface area contributed by atoms with E-state index in [2.05, 4.69) is 4.98 Å². The number of aromatic nitrogens is 1. The third-order valence-electron chi connectivity index (χ3n) is 6.28. The molecule has 1 N–H and O–H groups in total. The van der Waals surface area contributed by atoms with Crippen molar-refractivity contribution in [3.05, 3.63) is 46.8 Å². The molecule has 3 heterocycles. The van der Waals surface area contributed by atoms with Gasteiger partial charge in [0.2, 0.25) is 15.9 Å². The molecule has 0 bridgehead atoms. The number of benzene rings is 1. The van der Waals surface area contributed by atoms with Crippen LogP contribution in [-0.4, -0.2) is 55.8 Å². The second kappa shape index (κ2) is 8.71. The van der Waals surface area contributed by atoms with Gasteiger partial charge in [0.25, 0.3) is 0 Å². The van der Waals surface area contributed by atoms with Gasteiger partial charge in [0.15, 0.2) is 0 Å². The van der Waals surface area contributed by atoms with Crippen molar-refractivity contribution < 1.29 is 22.7 Å². The number of nitrogens with one attached hydrogen (secondary N) is 1. The third-order valence-corrected chi connectivity index (χ3v) is 8.32. The monoisotopic (exact) mass is 459 g/mol. The van der Waals surface area contributed by atoms with Crippen molar-refractivity contribution in [1.82, 2.24) is 9.29 Å². The first-order valence-electron chi connectivity index (χ1n) is 11.0. The van der Waals surface area contributed by atoms with Crippen molar-refractivity contribution in [2.45, 2.75) is 44.9 Å². The second-order valence-electron chi connectivity index (χ2n) is 8.37. The number of esters is 1. The molecule has 32 heavy (non-hydrogen) atoms. The highest BCUT2D eigenvalue weighted by atomic mass is 32.2. The summed E-state index contributed by atoms with van der Waals surface area (Å²) in [5, 5.41) is 0. The number of nitrogens with zero attached hydrogens (tertiary/aromatic N) is 2. The van der Waals surface area contributed by atoms with E-state index in [0.717, 1.165) is 17.7 Å². The second-order valence-corrected chi connectivity index (χ2v) is 10.2. The molecule has 1 aromatic heterocycles. The fourth-order valence-corrected chi connectivity index (χ4v) is 6.74. The zero-order valence-corrected chi connectivity index (χ0v) is 19.5. The molecule has 0 aliphatic carbocycles. The van der Waals surface area contributed by atoms with Crippen molar-refractivity contribution in [1.29, 1.82) is 0 Å². The predicted octanol–water partition coefficient (Wildman–Crippen LogP) is 2.80. The maximum absolute atomic E-state index is 13.6. The topological polar surface area (TPSA) is 99.8 Å². The van der Waals surface area contributed by atoms with Gasteiger partial charge in [-0.3, -0.25) is 4.79 Å². The molecule has 1 atom stereocenters. The Balaban J connectivity index is 1.60. The van der Waals surface area contributed by atoms with Gasteiger partial charge >= 0.3 is 5.97 Å². The Hall–Kier alpha value is -2.65. The first-order chi connectivity index (χ1) is 15.3. The van der Waals surface area contributed by atoms with Crippen LogP contribution in [0.3, 0.4) is 0 Å². The molecular weight excluding hydrogens is 430 g/mol. The summed E-state index contributed by atoms with van der Waals surface area (Å²) in [6.07, 6.45) is 2.03. The largest absolute Gasteiger partial charge is 0.462 e. The maximum Gasteiger partial charge on any atom is 0.341 e. The fourth-order valence-electron chi connectivity index (χ4n) is 4.81. The summed E-state index contributed by atoms with van der Waals surface area (Å²) in [5.41, 5.74) is 2.95. The van der Waals surface area contributed by atoms with Crippen molar-refractivity contribution in [2.24, 2.45) is 5.92 Å². The summed E-state index contributed by atoms with van der Waals surface area (Å²) >= 11 is 0. The third kappa shape index (κ3) is 3.84. The predicted molar refractivity (Wildman–Crippen MR) is 120 cm³/mol. The minimum Gasteiger partial charge on any atom is -0.462 e. The lowest BCUT2D eigenvalue weighted by atomic mass is 9.98. The van der Waals surface area contributed by atoms with Crippen LogP contribution < -0.4 is 4.90 Å². The number of hydrogen-bond donors (Lipinski definition) is 1. The zero-order chi connectivity index (χ0) is 23.0. The lowest BCUT2D eigenvalue weighted by Crippen LogP contribution is -2.46. The Labute approximate surface area is 188 Å². The first-order valence-corrected chi connectivity index (χ1v) is 12.5. The molecule has 1 fully saturated rings. The molecule has 2 aliphatic rings. The number of aryl methyl sites for hydroxylation is 2. The summed E-state index contributed by atoms with van der Waals surface area (Å²) in [5.74, 6) is -1.12. The summed E-state index contributed by atoms with van der Waals surface area (Å²) < 4.78 is 33.7. The number of piperidine rings is 1. The van der Waals surface area contributed by atoms with Gasteiger partial charge < -0.3 is 14.6 Å². The Kier molecular flexibility index (Phi) is 6.13. The number of H-pyrrole nitrogens is 1. The highest BCUT2D eigenvalue weighted by molar-refractivity contribution is 7.89. The van der Waals surface area contributed by atoms with Crippen LogP contribution in [0.25, 0.3) is 0 Å². The molecule has 0 unspecified atom stereocenters. The van der Waals surface area contributed by atoms with E-state index in [9.17, 15) is 18.0 Å². The van der Waals surface area contributed by atoms with Gasteiger partial charge in [-0.1, -0.05) is 18.2 Å². The highest BCUT2D eigenvalue weighted by Gasteiger charge is 2.40. The minimum absolute atomic E-state index is 0.0394. The van der Waals surface area contributed by atoms with E-state index in [1.54, 1.807) is 25.7 Å². The molecule has 2 aromatic rings. The highest BCUT2D eigenvalue weighted by Crippen LogP contribution is 2.33. The molecule has 8 nitrogen and oxygen atoms in total. The lowest BCUT2D eigenvalue weighted by molar-refractivity contribution is -0.123. The molecule has 1 amide bonds. The fraction of sp³-hybridized carbons (Fsp3) is 0.478. The van der Waals surface area contributed by atoms with Crippen LogP contribution in [0.2, 0.25) is 0 Å². The van der Waals surface area contributed by atoms with Crippen LogP contribution in [0.5, 0.6) is 0 Å². The molecule has 0 saturated carbocycles. The van der Waals surface area contributed by atoms with Crippen LogP contribution >= 0.6 is 0 Å². The van der Waals surface area contributed by atoms with Gasteiger partial charge in [0, 0.05) is 36.7 Å². The van der Waals surface area contributed by atoms with E-state index in [-0.39, 0.29) is 29.5 Å². The van der Waals surface area contributed by atoms with Gasteiger partial charge in [-0.05, 0) is 51.7 Å². The number of fused-ring (bicyclic) bond motifs is 1. The standard InChI is InChI=1S/C23H29N3O5S/c1-4-31-23(28)20-15(2)24-16(3)21(20)32(29,30)25-12-7-9-18(14-25)22(27)26-13-11-17-8-5-6-10-19(17)26/h5-6,8,10,18,24H,4,7,9,11-14H2,1-3H3/t18-/m1/s1. The average molecular weight is 460 g/mol. The summed E-state index contributed by atoms with van der Waals surface area (Å²) in [4.78, 5) is 30.5. The Morgan fingerprint density at radius 1 is 1.16 bits per heavy atom. The van der Waals surface area contributed by atoms with Gasteiger partial charge in [-0.25, -0.2) is 13.2 Å². The van der Waals surface area contributed by atoms with E-state index >= 15 is 0 Å².